The molecule has 2 aliphatic heterocycles. The van der Waals surface area contributed by atoms with Crippen LogP contribution in [0, 0.1) is 0 Å². The third-order valence-corrected chi connectivity index (χ3v) is 5.92. The molecule has 2 heterocycles. The second kappa shape index (κ2) is 8.60. The van der Waals surface area contributed by atoms with Crippen LogP contribution in [0.5, 0.6) is 17.2 Å². The second-order valence-corrected chi connectivity index (χ2v) is 8.34. The van der Waals surface area contributed by atoms with E-state index in [1.54, 1.807) is 6.26 Å². The van der Waals surface area contributed by atoms with Crippen LogP contribution in [0.15, 0.2) is 60.4 Å². The Morgan fingerprint density at radius 1 is 1.03 bits per heavy atom. The van der Waals surface area contributed by atoms with Crippen molar-refractivity contribution in [3.8, 4) is 28.4 Å². The first-order valence-electron chi connectivity index (χ1n) is 10.9. The van der Waals surface area contributed by atoms with E-state index in [9.17, 15) is 5.11 Å². The Hall–Kier alpha value is -3.44. The molecule has 0 atom stereocenters. The van der Waals surface area contributed by atoms with Gasteiger partial charge in [0.15, 0.2) is 0 Å². The topological polar surface area (TPSA) is 51.2 Å². The van der Waals surface area contributed by atoms with Gasteiger partial charge in [-0.25, -0.2) is 0 Å². The number of rotatable bonds is 5. The first-order valence-corrected chi connectivity index (χ1v) is 10.9. The van der Waals surface area contributed by atoms with Crippen LogP contribution >= 0.6 is 0 Å². The van der Waals surface area contributed by atoms with Gasteiger partial charge in [0.25, 0.3) is 0 Å². The molecule has 0 spiro atoms. The third kappa shape index (κ3) is 3.69. The molecule has 164 valence electrons. The van der Waals surface area contributed by atoms with Crippen LogP contribution < -0.4 is 9.47 Å². The zero-order valence-electron chi connectivity index (χ0n) is 18.4. The summed E-state index contributed by atoms with van der Waals surface area (Å²) in [5.74, 6) is 1.89. The van der Waals surface area contributed by atoms with Gasteiger partial charge < -0.3 is 24.2 Å². The van der Waals surface area contributed by atoms with E-state index in [2.05, 4.69) is 17.1 Å². The van der Waals surface area contributed by atoms with Gasteiger partial charge in [-0.15, -0.1) is 0 Å². The van der Waals surface area contributed by atoms with Crippen LogP contribution in [0.3, 0.4) is 0 Å². The number of fused-ring (bicyclic) bond motifs is 5. The molecule has 0 bridgehead atoms. The molecular formula is C27H27NO4. The van der Waals surface area contributed by atoms with Gasteiger partial charge in [-0.2, -0.15) is 0 Å². The van der Waals surface area contributed by atoms with Crippen molar-refractivity contribution in [3.63, 3.8) is 0 Å². The highest BCUT2D eigenvalue weighted by Gasteiger charge is 2.29. The predicted molar refractivity (Wildman–Crippen MR) is 127 cm³/mol. The summed E-state index contributed by atoms with van der Waals surface area (Å²) in [7, 11) is 4.05. The normalized spacial score (nSPS) is 16.1. The van der Waals surface area contributed by atoms with Gasteiger partial charge in [0.1, 0.15) is 37.1 Å². The summed E-state index contributed by atoms with van der Waals surface area (Å²) in [5, 5.41) is 11.6. The lowest BCUT2D eigenvalue weighted by atomic mass is 9.85. The van der Waals surface area contributed by atoms with Crippen LogP contribution in [0.25, 0.3) is 22.8 Å². The van der Waals surface area contributed by atoms with Crippen molar-refractivity contribution in [2.75, 3.05) is 40.5 Å². The Morgan fingerprint density at radius 2 is 1.88 bits per heavy atom. The minimum absolute atomic E-state index is 0.251. The van der Waals surface area contributed by atoms with Crippen LogP contribution in [-0.4, -0.2) is 50.5 Å². The number of allylic oxidation sites excluding steroid dienone is 4. The number of nitrogens with zero attached hydrogens (tertiary/aromatic N) is 1. The number of benzene rings is 2. The predicted octanol–water partition coefficient (Wildman–Crippen LogP) is 4.82. The lowest BCUT2D eigenvalue weighted by Crippen LogP contribution is -2.19. The monoisotopic (exact) mass is 429 g/mol. The second-order valence-electron chi connectivity index (χ2n) is 8.34. The van der Waals surface area contributed by atoms with E-state index in [1.165, 1.54) is 0 Å². The van der Waals surface area contributed by atoms with E-state index in [0.29, 0.717) is 26.2 Å². The Labute approximate surface area is 188 Å². The first kappa shape index (κ1) is 20.5. The zero-order chi connectivity index (χ0) is 22.1. The number of hydrogen-bond donors (Lipinski definition) is 1. The highest BCUT2D eigenvalue weighted by atomic mass is 16.5. The summed E-state index contributed by atoms with van der Waals surface area (Å²) in [5.41, 5.74) is 6.32. The van der Waals surface area contributed by atoms with Gasteiger partial charge in [0.2, 0.25) is 0 Å². The smallest absolute Gasteiger partial charge is 0.132 e. The van der Waals surface area contributed by atoms with Crippen molar-refractivity contribution in [3.05, 3.63) is 77.1 Å². The van der Waals surface area contributed by atoms with Crippen LogP contribution in [0.2, 0.25) is 0 Å². The van der Waals surface area contributed by atoms with Crippen molar-refractivity contribution in [1.29, 1.82) is 0 Å². The molecule has 0 unspecified atom stereocenters. The maximum Gasteiger partial charge on any atom is 0.132 e. The van der Waals surface area contributed by atoms with Crippen LogP contribution in [0.1, 0.15) is 16.7 Å². The van der Waals surface area contributed by atoms with E-state index in [-0.39, 0.29) is 5.75 Å². The molecule has 32 heavy (non-hydrogen) atoms. The molecule has 1 N–H and O–H groups in total. The molecule has 2 aromatic carbocycles. The van der Waals surface area contributed by atoms with Gasteiger partial charge >= 0.3 is 0 Å². The van der Waals surface area contributed by atoms with Gasteiger partial charge in [0, 0.05) is 34.4 Å². The summed E-state index contributed by atoms with van der Waals surface area (Å²) < 4.78 is 17.6. The van der Waals surface area contributed by atoms with Crippen molar-refractivity contribution >= 4 is 11.6 Å². The number of ether oxygens (including phenoxy) is 3. The summed E-state index contributed by atoms with van der Waals surface area (Å²) in [6.07, 6.45) is 12.7. The summed E-state index contributed by atoms with van der Waals surface area (Å²) in [6.45, 7) is 2.53. The molecule has 5 heteroatoms. The van der Waals surface area contributed by atoms with Gasteiger partial charge in [-0.05, 0) is 55.9 Å². The molecule has 0 amide bonds. The molecule has 0 radical (unpaired) electrons. The van der Waals surface area contributed by atoms with Crippen molar-refractivity contribution in [2.24, 2.45) is 0 Å². The number of likely N-dealkylation sites (N-methyl/N-ethyl adjacent to an activating group) is 1. The van der Waals surface area contributed by atoms with Crippen LogP contribution in [0.4, 0.5) is 0 Å². The molecular weight excluding hydrogens is 402 g/mol. The molecule has 0 fully saturated rings. The summed E-state index contributed by atoms with van der Waals surface area (Å²) in [6, 6.07) is 7.89. The molecule has 3 aliphatic rings. The minimum Gasteiger partial charge on any atom is -0.507 e. The fraction of sp³-hybridized carbons (Fsp3) is 0.259. The van der Waals surface area contributed by atoms with Gasteiger partial charge in [-0.3, -0.25) is 0 Å². The van der Waals surface area contributed by atoms with Crippen molar-refractivity contribution in [1.82, 2.24) is 4.90 Å². The molecule has 0 saturated carbocycles. The first-order chi connectivity index (χ1) is 15.6. The van der Waals surface area contributed by atoms with Crippen LogP contribution in [-0.2, 0) is 11.2 Å². The highest BCUT2D eigenvalue weighted by Crippen LogP contribution is 2.50. The van der Waals surface area contributed by atoms with Gasteiger partial charge in [0.05, 0.1) is 6.26 Å². The lowest BCUT2D eigenvalue weighted by Gasteiger charge is -2.25. The molecule has 5 nitrogen and oxygen atoms in total. The fourth-order valence-electron chi connectivity index (χ4n) is 4.36. The SMILES string of the molecule is CN(C)CCOc1ccc(-c2c(O)c3c(c4c2C=CCO4)CC=CC2=CCOC=C23)cc1. The largest absolute Gasteiger partial charge is 0.507 e. The van der Waals surface area contributed by atoms with Crippen molar-refractivity contribution < 1.29 is 19.3 Å². The third-order valence-electron chi connectivity index (χ3n) is 5.92. The molecule has 0 aromatic heterocycles. The van der Waals surface area contributed by atoms with E-state index in [4.69, 9.17) is 14.2 Å². The van der Waals surface area contributed by atoms with Gasteiger partial charge in [-0.1, -0.05) is 30.4 Å². The molecule has 0 saturated heterocycles. The zero-order valence-corrected chi connectivity index (χ0v) is 18.4. The molecule has 5 rings (SSSR count). The average molecular weight is 430 g/mol. The highest BCUT2D eigenvalue weighted by molar-refractivity contribution is 5.96. The number of phenols is 1. The van der Waals surface area contributed by atoms with E-state index in [1.807, 2.05) is 56.6 Å². The Bertz CT molecular complexity index is 1150. The summed E-state index contributed by atoms with van der Waals surface area (Å²) in [4.78, 5) is 2.09. The Morgan fingerprint density at radius 3 is 2.69 bits per heavy atom. The lowest BCUT2D eigenvalue weighted by molar-refractivity contribution is 0.261. The minimum atomic E-state index is 0.251. The van der Waals surface area contributed by atoms with E-state index in [0.717, 1.165) is 57.0 Å². The maximum atomic E-state index is 11.6. The standard InChI is InChI=1S/C27H27NO4/c1-28(2)13-16-31-20-10-8-19(9-11-20)24-21-7-4-14-32-27(21)22-6-3-5-18-12-15-30-17-23(18)25(22)26(24)29/h3-5,7-12,17,29H,6,13-16H2,1-2H3. The Balaban J connectivity index is 1.61. The number of hydrogen-bond acceptors (Lipinski definition) is 5. The van der Waals surface area contributed by atoms with E-state index < -0.39 is 0 Å². The average Bonchev–Trinajstić information content (AvgIpc) is 3.00. The molecule has 1 aliphatic carbocycles. The number of phenolic OH excluding ortho intramolecular Hbond substituents is 1. The molecule has 2 aromatic rings. The maximum absolute atomic E-state index is 11.6. The number of aromatic hydroxyl groups is 1. The summed E-state index contributed by atoms with van der Waals surface area (Å²) >= 11 is 0. The fourth-order valence-corrected chi connectivity index (χ4v) is 4.36. The van der Waals surface area contributed by atoms with E-state index >= 15 is 0 Å². The Kier molecular flexibility index (Phi) is 5.50. The van der Waals surface area contributed by atoms with Crippen molar-refractivity contribution in [2.45, 2.75) is 6.42 Å². The quantitative estimate of drug-likeness (QED) is 0.739.